The van der Waals surface area contributed by atoms with E-state index in [9.17, 15) is 0 Å². The van der Waals surface area contributed by atoms with Gasteiger partial charge in [-0.3, -0.25) is 0 Å². The van der Waals surface area contributed by atoms with Gasteiger partial charge in [0.15, 0.2) is 11.5 Å². The summed E-state index contributed by atoms with van der Waals surface area (Å²) < 4.78 is 17.3. The second-order valence-electron chi connectivity index (χ2n) is 4.19. The Labute approximate surface area is 116 Å². The summed E-state index contributed by atoms with van der Waals surface area (Å²) in [6.07, 6.45) is 2.23. The molecule has 2 rings (SSSR count). The molecule has 0 aliphatic carbocycles. The highest BCUT2D eigenvalue weighted by atomic mass is 79.9. The fourth-order valence-electron chi connectivity index (χ4n) is 2.43. The third-order valence-corrected chi connectivity index (χ3v) is 3.81. The van der Waals surface area contributed by atoms with Crippen LogP contribution in [0, 0.1) is 0 Å². The van der Waals surface area contributed by atoms with Crippen LogP contribution >= 0.6 is 15.9 Å². The Morgan fingerprint density at radius 1 is 1.17 bits per heavy atom. The number of ether oxygens (including phenoxy) is 3. The second kappa shape index (κ2) is 5.80. The molecule has 1 aromatic rings. The summed E-state index contributed by atoms with van der Waals surface area (Å²) in [4.78, 5) is 0. The van der Waals surface area contributed by atoms with Crippen molar-refractivity contribution in [2.75, 3.05) is 27.9 Å². The van der Waals surface area contributed by atoms with Crippen LogP contribution in [0.15, 0.2) is 10.5 Å². The average molecular weight is 316 g/mol. The number of rotatable bonds is 4. The number of benzene rings is 1. The summed E-state index contributed by atoms with van der Waals surface area (Å²) >= 11 is 3.52. The van der Waals surface area contributed by atoms with Crippen molar-refractivity contribution in [2.45, 2.75) is 18.9 Å². The zero-order valence-electron chi connectivity index (χ0n) is 10.9. The van der Waals surface area contributed by atoms with E-state index in [1.807, 2.05) is 6.07 Å². The molecule has 1 aliphatic heterocycles. The maximum absolute atomic E-state index is 5.51. The van der Waals surface area contributed by atoms with E-state index in [-0.39, 0.29) is 6.04 Å². The first-order valence-corrected chi connectivity index (χ1v) is 6.74. The molecular formula is C13H18BrNO3. The van der Waals surface area contributed by atoms with Crippen molar-refractivity contribution in [3.05, 3.63) is 16.1 Å². The second-order valence-corrected chi connectivity index (χ2v) is 5.04. The van der Waals surface area contributed by atoms with Gasteiger partial charge >= 0.3 is 0 Å². The van der Waals surface area contributed by atoms with Gasteiger partial charge in [0.1, 0.15) is 5.75 Å². The normalized spacial score (nSPS) is 18.8. The van der Waals surface area contributed by atoms with Crippen LogP contribution in [-0.2, 0) is 0 Å². The number of hydrogen-bond acceptors (Lipinski definition) is 4. The highest BCUT2D eigenvalue weighted by Gasteiger charge is 2.28. The van der Waals surface area contributed by atoms with Crippen molar-refractivity contribution in [3.8, 4) is 17.2 Å². The smallest absolute Gasteiger partial charge is 0.169 e. The van der Waals surface area contributed by atoms with Crippen molar-refractivity contribution in [1.29, 1.82) is 0 Å². The lowest BCUT2D eigenvalue weighted by Gasteiger charge is -2.21. The summed E-state index contributed by atoms with van der Waals surface area (Å²) in [7, 11) is 4.97. The molecule has 0 saturated carbocycles. The predicted molar refractivity (Wildman–Crippen MR) is 73.8 cm³/mol. The molecule has 1 saturated heterocycles. The third-order valence-electron chi connectivity index (χ3n) is 3.22. The Balaban J connectivity index is 2.59. The fraction of sp³-hybridized carbons (Fsp3) is 0.538. The number of nitrogens with one attached hydrogen (secondary N) is 1. The molecule has 0 bridgehead atoms. The molecule has 1 aromatic carbocycles. The highest BCUT2D eigenvalue weighted by Crippen LogP contribution is 2.47. The van der Waals surface area contributed by atoms with E-state index in [0.717, 1.165) is 40.9 Å². The van der Waals surface area contributed by atoms with Crippen LogP contribution in [0.2, 0.25) is 0 Å². The van der Waals surface area contributed by atoms with Gasteiger partial charge in [0, 0.05) is 12.1 Å². The molecule has 1 unspecified atom stereocenters. The van der Waals surface area contributed by atoms with Crippen LogP contribution in [0.3, 0.4) is 0 Å². The minimum absolute atomic E-state index is 0.251. The molecule has 1 aliphatic rings. The lowest BCUT2D eigenvalue weighted by molar-refractivity contribution is 0.337. The zero-order valence-corrected chi connectivity index (χ0v) is 12.5. The minimum Gasteiger partial charge on any atom is -0.495 e. The molecule has 18 heavy (non-hydrogen) atoms. The molecule has 100 valence electrons. The quantitative estimate of drug-likeness (QED) is 0.927. The van der Waals surface area contributed by atoms with Crippen molar-refractivity contribution in [3.63, 3.8) is 0 Å². The summed E-state index contributed by atoms with van der Waals surface area (Å²) in [5.41, 5.74) is 1.03. The predicted octanol–water partition coefficient (Wildman–Crippen LogP) is 2.90. The van der Waals surface area contributed by atoms with Gasteiger partial charge in [-0.25, -0.2) is 0 Å². The Morgan fingerprint density at radius 2 is 1.89 bits per heavy atom. The molecule has 1 heterocycles. The summed E-state index contributed by atoms with van der Waals surface area (Å²) in [6.45, 7) is 1.02. The van der Waals surface area contributed by atoms with Crippen molar-refractivity contribution in [2.24, 2.45) is 0 Å². The first-order valence-electron chi connectivity index (χ1n) is 5.94. The molecule has 5 heteroatoms. The standard InChI is InChI=1S/C13H18BrNO3/c1-16-10-7-8(14)12(17-2)11(13(10)18-3)9-5-4-6-15-9/h7,9,15H,4-6H2,1-3H3. The summed E-state index contributed by atoms with van der Waals surface area (Å²) in [6, 6.07) is 2.12. The molecule has 0 radical (unpaired) electrons. The van der Waals surface area contributed by atoms with Gasteiger partial charge in [0.05, 0.1) is 31.4 Å². The summed E-state index contributed by atoms with van der Waals surface area (Å²) in [5.74, 6) is 2.28. The molecule has 0 spiro atoms. The van der Waals surface area contributed by atoms with Crippen LogP contribution in [0.25, 0.3) is 0 Å². The van der Waals surface area contributed by atoms with Crippen LogP contribution in [0.4, 0.5) is 0 Å². The van der Waals surface area contributed by atoms with Crippen LogP contribution < -0.4 is 19.5 Å². The molecule has 1 N–H and O–H groups in total. The van der Waals surface area contributed by atoms with E-state index >= 15 is 0 Å². The van der Waals surface area contributed by atoms with E-state index in [0.29, 0.717) is 5.75 Å². The van der Waals surface area contributed by atoms with Gasteiger partial charge in [0.25, 0.3) is 0 Å². The average Bonchev–Trinajstić information content (AvgIpc) is 2.90. The zero-order chi connectivity index (χ0) is 13.1. The van der Waals surface area contributed by atoms with E-state index in [1.54, 1.807) is 21.3 Å². The van der Waals surface area contributed by atoms with Gasteiger partial charge in [-0.1, -0.05) is 0 Å². The Kier molecular flexibility index (Phi) is 4.35. The fourth-order valence-corrected chi connectivity index (χ4v) is 3.01. The molecule has 1 atom stereocenters. The van der Waals surface area contributed by atoms with Crippen molar-refractivity contribution >= 4 is 15.9 Å². The Hall–Kier alpha value is -0.940. The van der Waals surface area contributed by atoms with Gasteiger partial charge in [-0.05, 0) is 35.3 Å². The van der Waals surface area contributed by atoms with E-state index < -0.39 is 0 Å². The van der Waals surface area contributed by atoms with Gasteiger partial charge in [-0.15, -0.1) is 0 Å². The maximum atomic E-state index is 5.51. The molecule has 4 nitrogen and oxygen atoms in total. The lowest BCUT2D eigenvalue weighted by Crippen LogP contribution is -2.15. The monoisotopic (exact) mass is 315 g/mol. The lowest BCUT2D eigenvalue weighted by atomic mass is 10.0. The van der Waals surface area contributed by atoms with Crippen LogP contribution in [0.1, 0.15) is 24.4 Å². The van der Waals surface area contributed by atoms with Gasteiger partial charge < -0.3 is 19.5 Å². The van der Waals surface area contributed by atoms with E-state index in [2.05, 4.69) is 21.2 Å². The van der Waals surface area contributed by atoms with Gasteiger partial charge in [0.2, 0.25) is 0 Å². The maximum Gasteiger partial charge on any atom is 0.169 e. The Bertz CT molecular complexity index is 431. The minimum atomic E-state index is 0.251. The SMILES string of the molecule is COc1cc(Br)c(OC)c(C2CCCN2)c1OC. The van der Waals surface area contributed by atoms with Crippen molar-refractivity contribution in [1.82, 2.24) is 5.32 Å². The molecular weight excluding hydrogens is 298 g/mol. The largest absolute Gasteiger partial charge is 0.495 e. The highest BCUT2D eigenvalue weighted by molar-refractivity contribution is 9.10. The topological polar surface area (TPSA) is 39.7 Å². The molecule has 0 aromatic heterocycles. The van der Waals surface area contributed by atoms with Crippen molar-refractivity contribution < 1.29 is 14.2 Å². The van der Waals surface area contributed by atoms with E-state index in [1.165, 1.54) is 0 Å². The summed E-state index contributed by atoms with van der Waals surface area (Å²) in [5, 5.41) is 3.46. The third kappa shape index (κ3) is 2.29. The van der Waals surface area contributed by atoms with Crippen LogP contribution in [0.5, 0.6) is 17.2 Å². The first kappa shape index (κ1) is 13.5. The van der Waals surface area contributed by atoms with Gasteiger partial charge in [-0.2, -0.15) is 0 Å². The first-order chi connectivity index (χ1) is 8.72. The molecule has 1 fully saturated rings. The number of hydrogen-bond donors (Lipinski definition) is 1. The van der Waals surface area contributed by atoms with Crippen LogP contribution in [-0.4, -0.2) is 27.9 Å². The molecule has 0 amide bonds. The Morgan fingerprint density at radius 3 is 2.39 bits per heavy atom. The number of halogens is 1. The number of methoxy groups -OCH3 is 3. The van der Waals surface area contributed by atoms with E-state index in [4.69, 9.17) is 14.2 Å².